The summed E-state index contributed by atoms with van der Waals surface area (Å²) >= 11 is 0. The number of benzene rings is 1. The quantitative estimate of drug-likeness (QED) is 0.816. The van der Waals surface area contributed by atoms with Crippen LogP contribution in [0.5, 0.6) is 0 Å². The number of hydrogen-bond donors (Lipinski definition) is 1. The first-order valence-corrected chi connectivity index (χ1v) is 6.76. The number of likely N-dealkylation sites (N-methyl/N-ethyl adjacent to an activating group) is 1. The predicted molar refractivity (Wildman–Crippen MR) is 73.0 cm³/mol. The van der Waals surface area contributed by atoms with Crippen LogP contribution in [-0.4, -0.2) is 24.5 Å². The summed E-state index contributed by atoms with van der Waals surface area (Å²) in [7, 11) is 0. The van der Waals surface area contributed by atoms with Crippen molar-refractivity contribution in [3.63, 3.8) is 0 Å². The molecule has 1 aliphatic carbocycles. The van der Waals surface area contributed by atoms with E-state index in [1.807, 2.05) is 0 Å². The summed E-state index contributed by atoms with van der Waals surface area (Å²) in [4.78, 5) is 2.53. The van der Waals surface area contributed by atoms with Gasteiger partial charge in [-0.15, -0.1) is 0 Å². The van der Waals surface area contributed by atoms with Crippen LogP contribution in [-0.2, 0) is 12.0 Å². The summed E-state index contributed by atoms with van der Waals surface area (Å²) in [6.07, 6.45) is 2.68. The van der Waals surface area contributed by atoms with E-state index in [-0.39, 0.29) is 0 Å². The molecule has 2 heteroatoms. The zero-order chi connectivity index (χ0) is 12.3. The molecule has 1 aromatic carbocycles. The molecule has 2 nitrogen and oxygen atoms in total. The first-order chi connectivity index (χ1) is 8.24. The van der Waals surface area contributed by atoms with Crippen LogP contribution in [0.15, 0.2) is 24.3 Å². The van der Waals surface area contributed by atoms with Crippen LogP contribution in [0.2, 0.25) is 0 Å². The minimum absolute atomic E-state index is 0.444. The van der Waals surface area contributed by atoms with Crippen LogP contribution >= 0.6 is 0 Å². The first kappa shape index (κ1) is 12.6. The molecule has 1 saturated carbocycles. The maximum absolute atomic E-state index is 5.64. The topological polar surface area (TPSA) is 29.3 Å². The van der Waals surface area contributed by atoms with E-state index in [1.165, 1.54) is 30.5 Å². The minimum atomic E-state index is 0.444. The SMILES string of the molecule is CCN(CC)CC1(c2ccc(CN)cc2)CC1. The highest BCUT2D eigenvalue weighted by Crippen LogP contribution is 2.48. The van der Waals surface area contributed by atoms with Crippen LogP contribution in [0, 0.1) is 0 Å². The summed E-state index contributed by atoms with van der Waals surface area (Å²) in [5, 5.41) is 0. The van der Waals surface area contributed by atoms with Gasteiger partial charge in [0.1, 0.15) is 0 Å². The Labute approximate surface area is 105 Å². The summed E-state index contributed by atoms with van der Waals surface area (Å²) in [5.74, 6) is 0. The van der Waals surface area contributed by atoms with Gasteiger partial charge in [0, 0.05) is 18.5 Å². The molecule has 0 bridgehead atoms. The number of hydrogen-bond acceptors (Lipinski definition) is 2. The third kappa shape index (κ3) is 2.70. The van der Waals surface area contributed by atoms with Crippen LogP contribution in [0.3, 0.4) is 0 Å². The average molecular weight is 232 g/mol. The molecule has 1 aromatic rings. The highest BCUT2D eigenvalue weighted by molar-refractivity contribution is 5.34. The Balaban J connectivity index is 2.09. The van der Waals surface area contributed by atoms with Gasteiger partial charge in [0.25, 0.3) is 0 Å². The molecule has 2 rings (SSSR count). The van der Waals surface area contributed by atoms with Crippen molar-refractivity contribution in [2.45, 2.75) is 38.6 Å². The van der Waals surface area contributed by atoms with Crippen molar-refractivity contribution in [3.8, 4) is 0 Å². The van der Waals surface area contributed by atoms with Crippen molar-refractivity contribution in [2.24, 2.45) is 5.73 Å². The Kier molecular flexibility index (Phi) is 3.85. The molecule has 94 valence electrons. The van der Waals surface area contributed by atoms with Gasteiger partial charge in [-0.25, -0.2) is 0 Å². The molecule has 17 heavy (non-hydrogen) atoms. The Morgan fingerprint density at radius 1 is 1.12 bits per heavy atom. The fourth-order valence-electron chi connectivity index (χ4n) is 2.56. The third-order valence-corrected chi connectivity index (χ3v) is 4.08. The van der Waals surface area contributed by atoms with Crippen molar-refractivity contribution in [1.82, 2.24) is 4.90 Å². The molecular formula is C15H24N2. The molecule has 0 amide bonds. The van der Waals surface area contributed by atoms with Gasteiger partial charge < -0.3 is 10.6 Å². The summed E-state index contributed by atoms with van der Waals surface area (Å²) in [6, 6.07) is 8.91. The molecular weight excluding hydrogens is 208 g/mol. The Bertz CT molecular complexity index is 348. The van der Waals surface area contributed by atoms with Crippen molar-refractivity contribution >= 4 is 0 Å². The second kappa shape index (κ2) is 5.19. The molecule has 2 N–H and O–H groups in total. The minimum Gasteiger partial charge on any atom is -0.326 e. The summed E-state index contributed by atoms with van der Waals surface area (Å²) < 4.78 is 0. The van der Waals surface area contributed by atoms with Crippen molar-refractivity contribution in [2.75, 3.05) is 19.6 Å². The molecule has 0 unspecified atom stereocenters. The molecule has 0 aliphatic heterocycles. The second-order valence-corrected chi connectivity index (χ2v) is 5.14. The molecule has 1 aliphatic rings. The molecule has 0 radical (unpaired) electrons. The Morgan fingerprint density at radius 2 is 1.71 bits per heavy atom. The van der Waals surface area contributed by atoms with Gasteiger partial charge in [-0.2, -0.15) is 0 Å². The highest BCUT2D eigenvalue weighted by Gasteiger charge is 2.44. The van der Waals surface area contributed by atoms with Crippen LogP contribution in [0.1, 0.15) is 37.8 Å². The lowest BCUT2D eigenvalue weighted by atomic mass is 9.94. The standard InChI is InChI=1S/C15H24N2/c1-3-17(4-2)12-15(9-10-15)14-7-5-13(11-16)6-8-14/h5-8H,3-4,9-12,16H2,1-2H3. The fraction of sp³-hybridized carbons (Fsp3) is 0.600. The maximum atomic E-state index is 5.64. The first-order valence-electron chi connectivity index (χ1n) is 6.76. The number of rotatable bonds is 6. The van der Waals surface area contributed by atoms with Crippen molar-refractivity contribution in [1.29, 1.82) is 0 Å². The molecule has 1 fully saturated rings. The maximum Gasteiger partial charge on any atom is 0.0178 e. The lowest BCUT2D eigenvalue weighted by Gasteiger charge is -2.25. The lowest BCUT2D eigenvalue weighted by Crippen LogP contribution is -2.32. The zero-order valence-corrected chi connectivity index (χ0v) is 11.1. The van der Waals surface area contributed by atoms with Gasteiger partial charge in [-0.1, -0.05) is 38.1 Å². The van der Waals surface area contributed by atoms with E-state index in [0.717, 1.165) is 13.1 Å². The van der Waals surface area contributed by atoms with Gasteiger partial charge in [-0.05, 0) is 37.1 Å². The van der Waals surface area contributed by atoms with E-state index in [0.29, 0.717) is 12.0 Å². The van der Waals surface area contributed by atoms with Crippen LogP contribution in [0.25, 0.3) is 0 Å². The van der Waals surface area contributed by atoms with Gasteiger partial charge in [0.15, 0.2) is 0 Å². The molecule has 0 aromatic heterocycles. The molecule has 0 saturated heterocycles. The van der Waals surface area contributed by atoms with E-state index in [9.17, 15) is 0 Å². The number of nitrogens with two attached hydrogens (primary N) is 1. The largest absolute Gasteiger partial charge is 0.326 e. The lowest BCUT2D eigenvalue weighted by molar-refractivity contribution is 0.275. The van der Waals surface area contributed by atoms with Gasteiger partial charge >= 0.3 is 0 Å². The Morgan fingerprint density at radius 3 is 2.12 bits per heavy atom. The van der Waals surface area contributed by atoms with Crippen molar-refractivity contribution < 1.29 is 0 Å². The normalized spacial score (nSPS) is 17.4. The summed E-state index contributed by atoms with van der Waals surface area (Å²) in [6.45, 7) is 8.65. The highest BCUT2D eigenvalue weighted by atomic mass is 15.1. The van der Waals surface area contributed by atoms with Gasteiger partial charge in [-0.3, -0.25) is 0 Å². The van der Waals surface area contributed by atoms with E-state index < -0.39 is 0 Å². The van der Waals surface area contributed by atoms with E-state index in [1.54, 1.807) is 0 Å². The van der Waals surface area contributed by atoms with Gasteiger partial charge in [0.2, 0.25) is 0 Å². The monoisotopic (exact) mass is 232 g/mol. The smallest absolute Gasteiger partial charge is 0.0178 e. The zero-order valence-electron chi connectivity index (χ0n) is 11.1. The molecule has 0 heterocycles. The van der Waals surface area contributed by atoms with Crippen molar-refractivity contribution in [3.05, 3.63) is 35.4 Å². The fourth-order valence-corrected chi connectivity index (χ4v) is 2.56. The number of nitrogens with zero attached hydrogens (tertiary/aromatic N) is 1. The van der Waals surface area contributed by atoms with Gasteiger partial charge in [0.05, 0.1) is 0 Å². The van der Waals surface area contributed by atoms with Crippen LogP contribution < -0.4 is 5.73 Å². The molecule has 0 spiro atoms. The van der Waals surface area contributed by atoms with Crippen LogP contribution in [0.4, 0.5) is 0 Å². The average Bonchev–Trinajstić information content (AvgIpc) is 3.17. The van der Waals surface area contributed by atoms with E-state index in [2.05, 4.69) is 43.0 Å². The molecule has 0 atom stereocenters. The summed E-state index contributed by atoms with van der Waals surface area (Å²) in [5.41, 5.74) is 8.81. The Hall–Kier alpha value is -0.860. The van der Waals surface area contributed by atoms with E-state index in [4.69, 9.17) is 5.73 Å². The van der Waals surface area contributed by atoms with E-state index >= 15 is 0 Å². The third-order valence-electron chi connectivity index (χ3n) is 4.08. The second-order valence-electron chi connectivity index (χ2n) is 5.14. The predicted octanol–water partition coefficient (Wildman–Crippen LogP) is 2.52.